The molecule has 22 heavy (non-hydrogen) atoms. The average Bonchev–Trinajstić information content (AvgIpc) is 2.55. The minimum Gasteiger partial charge on any atom is -0.494 e. The van der Waals surface area contributed by atoms with Gasteiger partial charge in [-0.1, -0.05) is 48.5 Å². The molecule has 0 fully saturated rings. The monoisotopic (exact) mass is 298 g/mol. The van der Waals surface area contributed by atoms with E-state index in [1.807, 2.05) is 36.4 Å². The van der Waals surface area contributed by atoms with Crippen molar-refractivity contribution < 1.29 is 19.4 Å². The van der Waals surface area contributed by atoms with E-state index in [-0.39, 0.29) is 18.8 Å². The quantitative estimate of drug-likeness (QED) is 0.758. The highest BCUT2D eigenvalue weighted by atomic mass is 16.5. The minimum absolute atomic E-state index is 0.0164. The molecule has 2 aromatic carbocycles. The molecule has 0 aromatic heterocycles. The molecular formula is C18H18O4. The molecule has 0 radical (unpaired) electrons. The Morgan fingerprint density at radius 2 is 1.55 bits per heavy atom. The van der Waals surface area contributed by atoms with E-state index in [4.69, 9.17) is 4.74 Å². The van der Waals surface area contributed by atoms with Crippen LogP contribution in [-0.4, -0.2) is 23.5 Å². The zero-order chi connectivity index (χ0) is 15.8. The summed E-state index contributed by atoms with van der Waals surface area (Å²) in [5.74, 6) is -1.17. The third-order valence-corrected chi connectivity index (χ3v) is 3.36. The van der Waals surface area contributed by atoms with Gasteiger partial charge in [-0.2, -0.15) is 0 Å². The Morgan fingerprint density at radius 1 is 0.955 bits per heavy atom. The fourth-order valence-electron chi connectivity index (χ4n) is 2.11. The third kappa shape index (κ3) is 4.74. The molecule has 1 unspecified atom stereocenters. The number of hydrogen-bond acceptors (Lipinski definition) is 3. The second-order valence-corrected chi connectivity index (χ2v) is 4.98. The SMILES string of the molecule is O=C(CC(CCOc1ccccc1)C(=O)O)c1ccccc1. The first-order chi connectivity index (χ1) is 10.7. The Labute approximate surface area is 129 Å². The predicted molar refractivity (Wildman–Crippen MR) is 83.1 cm³/mol. The fourth-order valence-corrected chi connectivity index (χ4v) is 2.11. The molecule has 0 amide bonds. The van der Waals surface area contributed by atoms with Crippen molar-refractivity contribution in [2.24, 2.45) is 5.92 Å². The van der Waals surface area contributed by atoms with E-state index < -0.39 is 11.9 Å². The molecule has 0 saturated carbocycles. The van der Waals surface area contributed by atoms with Crippen molar-refractivity contribution in [2.45, 2.75) is 12.8 Å². The second-order valence-electron chi connectivity index (χ2n) is 4.98. The van der Waals surface area contributed by atoms with Gasteiger partial charge in [-0.25, -0.2) is 0 Å². The Hall–Kier alpha value is -2.62. The number of aliphatic carboxylic acids is 1. The van der Waals surface area contributed by atoms with E-state index in [0.29, 0.717) is 17.7 Å². The minimum atomic E-state index is -0.971. The van der Waals surface area contributed by atoms with Gasteiger partial charge in [0.2, 0.25) is 0 Å². The summed E-state index contributed by atoms with van der Waals surface area (Å²) in [6.45, 7) is 0.267. The van der Waals surface area contributed by atoms with Crippen LogP contribution >= 0.6 is 0 Å². The Kier molecular flexibility index (Phi) is 5.72. The van der Waals surface area contributed by atoms with Crippen molar-refractivity contribution in [1.82, 2.24) is 0 Å². The van der Waals surface area contributed by atoms with Crippen LogP contribution in [0, 0.1) is 5.92 Å². The first-order valence-electron chi connectivity index (χ1n) is 7.15. The number of carbonyl (C=O) groups is 2. The lowest BCUT2D eigenvalue weighted by Gasteiger charge is -2.12. The van der Waals surface area contributed by atoms with Crippen molar-refractivity contribution >= 4 is 11.8 Å². The van der Waals surface area contributed by atoms with Gasteiger partial charge in [0.1, 0.15) is 5.75 Å². The molecule has 0 bridgehead atoms. The van der Waals surface area contributed by atoms with E-state index in [1.54, 1.807) is 24.3 Å². The molecule has 0 spiro atoms. The summed E-state index contributed by atoms with van der Waals surface area (Å²) < 4.78 is 5.50. The number of rotatable bonds is 8. The zero-order valence-electron chi connectivity index (χ0n) is 12.1. The van der Waals surface area contributed by atoms with Gasteiger partial charge in [-0.3, -0.25) is 9.59 Å². The summed E-state index contributed by atoms with van der Waals surface area (Å²) in [6, 6.07) is 17.9. The lowest BCUT2D eigenvalue weighted by molar-refractivity contribution is -0.142. The molecule has 1 atom stereocenters. The Bertz CT molecular complexity index is 607. The highest BCUT2D eigenvalue weighted by molar-refractivity contribution is 5.97. The highest BCUT2D eigenvalue weighted by Gasteiger charge is 2.22. The smallest absolute Gasteiger partial charge is 0.307 e. The van der Waals surface area contributed by atoms with Crippen LogP contribution < -0.4 is 4.74 Å². The Balaban J connectivity index is 1.87. The van der Waals surface area contributed by atoms with E-state index >= 15 is 0 Å². The number of carboxylic acid groups (broad SMARTS) is 1. The summed E-state index contributed by atoms with van der Waals surface area (Å²) in [4.78, 5) is 23.4. The molecule has 114 valence electrons. The highest BCUT2D eigenvalue weighted by Crippen LogP contribution is 2.16. The van der Waals surface area contributed by atoms with Gasteiger partial charge < -0.3 is 9.84 Å². The van der Waals surface area contributed by atoms with Gasteiger partial charge >= 0.3 is 5.97 Å². The maximum atomic E-state index is 12.1. The number of benzene rings is 2. The maximum absolute atomic E-state index is 12.1. The van der Waals surface area contributed by atoms with E-state index in [1.165, 1.54) is 0 Å². The van der Waals surface area contributed by atoms with Crippen molar-refractivity contribution in [3.05, 3.63) is 66.2 Å². The van der Waals surface area contributed by atoms with Crippen molar-refractivity contribution in [3.8, 4) is 5.75 Å². The summed E-state index contributed by atoms with van der Waals surface area (Å²) in [5.41, 5.74) is 0.540. The number of carboxylic acids is 1. The van der Waals surface area contributed by atoms with Crippen molar-refractivity contribution in [2.75, 3.05) is 6.61 Å². The fraction of sp³-hybridized carbons (Fsp3) is 0.222. The molecule has 4 nitrogen and oxygen atoms in total. The first kappa shape index (κ1) is 15.8. The van der Waals surface area contributed by atoms with E-state index in [2.05, 4.69) is 0 Å². The van der Waals surface area contributed by atoms with Gasteiger partial charge in [0.15, 0.2) is 5.78 Å². The number of hydrogen-bond donors (Lipinski definition) is 1. The summed E-state index contributed by atoms with van der Waals surface area (Å²) in [5, 5.41) is 9.26. The molecular weight excluding hydrogens is 280 g/mol. The van der Waals surface area contributed by atoms with Crippen LogP contribution in [0.15, 0.2) is 60.7 Å². The van der Waals surface area contributed by atoms with Crippen LogP contribution in [-0.2, 0) is 4.79 Å². The molecule has 0 aliphatic carbocycles. The van der Waals surface area contributed by atoms with Crippen molar-refractivity contribution in [1.29, 1.82) is 0 Å². The summed E-state index contributed by atoms with van der Waals surface area (Å²) in [6.07, 6.45) is 0.278. The molecule has 2 rings (SSSR count). The molecule has 0 aliphatic heterocycles. The Morgan fingerprint density at radius 3 is 2.14 bits per heavy atom. The summed E-state index contributed by atoms with van der Waals surface area (Å²) >= 11 is 0. The van der Waals surface area contributed by atoms with Gasteiger partial charge in [-0.05, 0) is 18.6 Å². The molecule has 4 heteroatoms. The zero-order valence-corrected chi connectivity index (χ0v) is 12.1. The second kappa shape index (κ2) is 7.98. The van der Waals surface area contributed by atoms with Crippen molar-refractivity contribution in [3.63, 3.8) is 0 Å². The van der Waals surface area contributed by atoms with E-state index in [9.17, 15) is 14.7 Å². The molecule has 0 saturated heterocycles. The third-order valence-electron chi connectivity index (χ3n) is 3.36. The van der Waals surface area contributed by atoms with E-state index in [0.717, 1.165) is 0 Å². The lowest BCUT2D eigenvalue weighted by Crippen LogP contribution is -2.20. The number of carbonyl (C=O) groups excluding carboxylic acids is 1. The number of para-hydroxylation sites is 1. The topological polar surface area (TPSA) is 63.6 Å². The first-order valence-corrected chi connectivity index (χ1v) is 7.15. The van der Waals surface area contributed by atoms with Gasteiger partial charge in [0, 0.05) is 12.0 Å². The normalized spacial score (nSPS) is 11.6. The molecule has 0 aliphatic rings. The van der Waals surface area contributed by atoms with Gasteiger partial charge in [0.25, 0.3) is 0 Å². The van der Waals surface area contributed by atoms with Crippen LogP contribution in [0.4, 0.5) is 0 Å². The largest absolute Gasteiger partial charge is 0.494 e. The summed E-state index contributed by atoms with van der Waals surface area (Å²) in [7, 11) is 0. The average molecular weight is 298 g/mol. The van der Waals surface area contributed by atoms with Crippen LogP contribution in [0.5, 0.6) is 5.75 Å². The predicted octanol–water partition coefficient (Wildman–Crippen LogP) is 3.43. The molecule has 1 N–H and O–H groups in total. The molecule has 2 aromatic rings. The number of ether oxygens (including phenoxy) is 1. The number of Topliss-reactive ketones (excluding diaryl/α,β-unsaturated/α-hetero) is 1. The number of ketones is 1. The standard InChI is InChI=1S/C18H18O4/c19-17(14-7-3-1-4-8-14)13-15(18(20)21)11-12-22-16-9-5-2-6-10-16/h1-10,15H,11-13H2,(H,20,21). The maximum Gasteiger partial charge on any atom is 0.307 e. The van der Waals surface area contributed by atoms with Gasteiger partial charge in [-0.15, -0.1) is 0 Å². The van der Waals surface area contributed by atoms with Crippen LogP contribution in [0.3, 0.4) is 0 Å². The van der Waals surface area contributed by atoms with Crippen LogP contribution in [0.2, 0.25) is 0 Å². The lowest BCUT2D eigenvalue weighted by atomic mass is 9.96. The van der Waals surface area contributed by atoms with Crippen LogP contribution in [0.25, 0.3) is 0 Å². The molecule has 0 heterocycles. The van der Waals surface area contributed by atoms with Crippen LogP contribution in [0.1, 0.15) is 23.2 Å². The van der Waals surface area contributed by atoms with Gasteiger partial charge in [0.05, 0.1) is 12.5 Å².